The second kappa shape index (κ2) is 15.7. The van der Waals surface area contributed by atoms with E-state index in [0.29, 0.717) is 0 Å². The molecule has 0 saturated heterocycles. The molecule has 0 radical (unpaired) electrons. The molecule has 0 aromatic rings. The van der Waals surface area contributed by atoms with Gasteiger partial charge in [0.2, 0.25) is 0 Å². The van der Waals surface area contributed by atoms with Gasteiger partial charge in [-0.15, -0.1) is 0 Å². The summed E-state index contributed by atoms with van der Waals surface area (Å²) in [6.07, 6.45) is 0. The molecule has 0 aromatic heterocycles. The van der Waals surface area contributed by atoms with E-state index in [0.717, 1.165) is 0 Å². The maximum absolute atomic E-state index is 8.74. The molecule has 4 nitrogen and oxygen atoms in total. The van der Waals surface area contributed by atoms with Gasteiger partial charge in [-0.05, 0) is 0 Å². The van der Waals surface area contributed by atoms with Gasteiger partial charge in [0.1, 0.15) is 0 Å². The van der Waals surface area contributed by atoms with E-state index >= 15 is 0 Å². The van der Waals surface area contributed by atoms with Crippen LogP contribution in [0.1, 0.15) is 0 Å². The van der Waals surface area contributed by atoms with Crippen molar-refractivity contribution in [3.05, 3.63) is 0 Å². The average molecular weight is 162 g/mol. The summed E-state index contributed by atoms with van der Waals surface area (Å²) in [5.74, 6) is 0. The molecular formula is H7CaNaO4Si. The van der Waals surface area contributed by atoms with Crippen LogP contribution in [0.3, 0.4) is 0 Å². The van der Waals surface area contributed by atoms with Crippen LogP contribution >= 0.6 is 0 Å². The van der Waals surface area contributed by atoms with Gasteiger partial charge in [-0.2, -0.15) is 0 Å². The van der Waals surface area contributed by atoms with Gasteiger partial charge in [0.25, 0.3) is 0 Å². The molecule has 0 rings (SSSR count). The van der Waals surface area contributed by atoms with Crippen molar-refractivity contribution in [2.24, 2.45) is 0 Å². The molecule has 0 heterocycles. The van der Waals surface area contributed by atoms with Crippen molar-refractivity contribution in [2.75, 3.05) is 0 Å². The summed E-state index contributed by atoms with van der Waals surface area (Å²) in [5, 5.41) is 0. The van der Waals surface area contributed by atoms with Crippen LogP contribution in [0.5, 0.6) is 0 Å². The van der Waals surface area contributed by atoms with E-state index in [1.54, 1.807) is 0 Å². The van der Waals surface area contributed by atoms with Gasteiger partial charge in [-0.25, -0.2) is 0 Å². The monoisotopic (exact) mass is 162 g/mol. The molecule has 0 aliphatic heterocycles. The zero-order valence-corrected chi connectivity index (χ0v) is 3.30. The Morgan fingerprint density at radius 2 is 1.29 bits per heavy atom. The fourth-order valence-corrected chi connectivity index (χ4v) is 0. The van der Waals surface area contributed by atoms with E-state index < -0.39 is 9.17 Å². The quantitative estimate of drug-likeness (QED) is 0.356. The van der Waals surface area contributed by atoms with Crippen LogP contribution in [-0.4, -0.2) is 91.5 Å². The first kappa shape index (κ1) is 23.2. The third-order valence-corrected chi connectivity index (χ3v) is 0. The third kappa shape index (κ3) is 79.1. The molecule has 7 heteroatoms. The van der Waals surface area contributed by atoms with E-state index in [1.165, 1.54) is 0 Å². The van der Waals surface area contributed by atoms with Crippen LogP contribution in [0, 0.1) is 0 Å². The second-order valence-corrected chi connectivity index (χ2v) is 0.848. The van der Waals surface area contributed by atoms with Crippen LogP contribution in [0.4, 0.5) is 0 Å². The Morgan fingerprint density at radius 3 is 1.29 bits per heavy atom. The minimum absolute atomic E-state index is 0. The Kier molecular flexibility index (Phi) is 51.9. The molecular weight excluding hydrogens is 155 g/mol. The predicted octanol–water partition coefficient (Wildman–Crippen LogP) is -4.00. The molecule has 0 bridgehead atoms. The molecule has 0 spiro atoms. The van der Waals surface area contributed by atoms with Gasteiger partial charge in [0.15, 0.2) is 0 Å². The van der Waals surface area contributed by atoms with E-state index in [9.17, 15) is 0 Å². The Morgan fingerprint density at radius 1 is 1.29 bits per heavy atom. The molecule has 0 unspecified atom stereocenters. The Hall–Kier alpha value is 1.84. The molecule has 7 heavy (non-hydrogen) atoms. The normalized spacial score (nSPS) is 3.43. The van der Waals surface area contributed by atoms with E-state index in [4.69, 9.17) is 14.1 Å². The molecule has 0 aromatic carbocycles. The van der Waals surface area contributed by atoms with Crippen molar-refractivity contribution >= 4 is 76.5 Å². The predicted molar refractivity (Wildman–Crippen MR) is 30.2 cm³/mol. The molecule has 0 aliphatic carbocycles. The van der Waals surface area contributed by atoms with Gasteiger partial charge >= 0.3 is 76.5 Å². The Labute approximate surface area is 94.4 Å². The van der Waals surface area contributed by atoms with Crippen molar-refractivity contribution in [2.45, 2.75) is 0 Å². The van der Waals surface area contributed by atoms with Crippen LogP contribution in [0.15, 0.2) is 0 Å². The fraction of sp³-hybridized carbons (Fsp3) is 0. The van der Waals surface area contributed by atoms with Gasteiger partial charge in [0.05, 0.1) is 0 Å². The molecule has 0 fully saturated rings. The summed E-state index contributed by atoms with van der Waals surface area (Å²) < 4.78 is 8.74. The van der Waals surface area contributed by atoms with Gasteiger partial charge < -0.3 is 15.1 Å². The van der Waals surface area contributed by atoms with Crippen molar-refractivity contribution < 1.29 is 19.5 Å². The minimum atomic E-state index is -3.13. The number of hydrogen-bond donors (Lipinski definition) is 2. The second-order valence-electron chi connectivity index (χ2n) is 0.283. The summed E-state index contributed by atoms with van der Waals surface area (Å²) in [6, 6.07) is 0. The van der Waals surface area contributed by atoms with Crippen molar-refractivity contribution in [3.8, 4) is 0 Å². The van der Waals surface area contributed by atoms with Crippen molar-refractivity contribution in [1.82, 2.24) is 0 Å². The van der Waals surface area contributed by atoms with Crippen molar-refractivity contribution in [1.29, 1.82) is 0 Å². The van der Waals surface area contributed by atoms with Gasteiger partial charge in [0, 0.05) is 0 Å². The molecule has 38 valence electrons. The first-order chi connectivity index (χ1) is 1.73. The first-order valence-corrected chi connectivity index (χ1v) is 1.95. The summed E-state index contributed by atoms with van der Waals surface area (Å²) >= 11 is 0. The van der Waals surface area contributed by atoms with Crippen LogP contribution in [-0.2, 0) is 4.46 Å². The summed E-state index contributed by atoms with van der Waals surface area (Å²) in [5.41, 5.74) is 0. The van der Waals surface area contributed by atoms with E-state index in [2.05, 4.69) is 0 Å². The van der Waals surface area contributed by atoms with Gasteiger partial charge in [-0.3, -0.25) is 4.46 Å². The molecule has 4 N–H and O–H groups in total. The Balaban J connectivity index is -0.0000000150. The van der Waals surface area contributed by atoms with E-state index in [-0.39, 0.29) is 72.8 Å². The zero-order valence-electron chi connectivity index (χ0n) is 2.30. The maximum atomic E-state index is 8.74. The first-order valence-electron chi connectivity index (χ1n) is 0.651. The van der Waals surface area contributed by atoms with Crippen LogP contribution in [0.2, 0.25) is 0 Å². The van der Waals surface area contributed by atoms with Crippen molar-refractivity contribution in [3.63, 3.8) is 0 Å². The fourth-order valence-electron chi connectivity index (χ4n) is 0. The molecule has 0 aliphatic rings. The Bertz CT molecular complexity index is 34.7. The number of hydrogen-bond acceptors (Lipinski definition) is 1. The zero-order chi connectivity index (χ0) is 3.58. The molecule has 0 amide bonds. The molecule has 0 saturated carbocycles. The summed E-state index contributed by atoms with van der Waals surface area (Å²) in [4.78, 5) is 14.3. The molecule has 0 atom stereocenters. The summed E-state index contributed by atoms with van der Waals surface area (Å²) in [6.45, 7) is 0. The number of rotatable bonds is 0. The topological polar surface area (TPSA) is 89.0 Å². The summed E-state index contributed by atoms with van der Waals surface area (Å²) in [7, 11) is -3.13. The SMILES string of the molecule is O.O=[Si](O)O.[CaH2].[NaH]. The van der Waals surface area contributed by atoms with Crippen LogP contribution in [0.25, 0.3) is 0 Å². The van der Waals surface area contributed by atoms with Crippen LogP contribution < -0.4 is 0 Å². The standard InChI is InChI=1S/Ca.Na.H2O3Si.H2O.3H/c;;1-4(2)3;;;;/h;;1-2H;1H2;;;. The average Bonchev–Trinajstić information content (AvgIpc) is 0.811. The third-order valence-electron chi connectivity index (χ3n) is 0. The van der Waals surface area contributed by atoms with E-state index in [1.807, 2.05) is 0 Å². The van der Waals surface area contributed by atoms with Gasteiger partial charge in [-0.1, -0.05) is 0 Å².